The second-order valence-electron chi connectivity index (χ2n) is 2.19. The van der Waals surface area contributed by atoms with Crippen LogP contribution >= 0.6 is 0 Å². The van der Waals surface area contributed by atoms with Crippen molar-refractivity contribution in [1.82, 2.24) is 0 Å². The summed E-state index contributed by atoms with van der Waals surface area (Å²) in [4.78, 5) is 13.6. The minimum absolute atomic E-state index is 0.133. The van der Waals surface area contributed by atoms with Crippen LogP contribution in [0.4, 0.5) is 0 Å². The number of carbonyl (C=O) groups is 1. The lowest BCUT2D eigenvalue weighted by Gasteiger charge is -2.09. The highest BCUT2D eigenvalue weighted by molar-refractivity contribution is 6.26. The summed E-state index contributed by atoms with van der Waals surface area (Å²) in [5.74, 6) is -0.334. The second kappa shape index (κ2) is 4.56. The Labute approximate surface area is 65.0 Å². The normalized spacial score (nSPS) is 17.1. The van der Waals surface area contributed by atoms with E-state index in [1.165, 1.54) is 0 Å². The molecule has 2 unspecified atom stereocenters. The van der Waals surface area contributed by atoms with Gasteiger partial charge in [-0.2, -0.15) is 0 Å². The lowest BCUT2D eigenvalue weighted by molar-refractivity contribution is -0.102. The smallest absolute Gasteiger partial charge is 0.184 e. The number of hydrogen-bond donors (Lipinski definition) is 3. The third-order valence-electron chi connectivity index (χ3n) is 1.22. The zero-order valence-electron chi connectivity index (χ0n) is 6.32. The van der Waals surface area contributed by atoms with Gasteiger partial charge in [-0.3, -0.25) is 4.79 Å². The van der Waals surface area contributed by atoms with Crippen LogP contribution in [0.5, 0.6) is 0 Å². The molecule has 0 aromatic carbocycles. The number of nitrogens with two attached hydrogens (primary N) is 2. The molecule has 0 spiro atoms. The molecule has 62 valence electrons. The Balaban J connectivity index is 4.14. The van der Waals surface area contributed by atoms with Crippen LogP contribution in [0.3, 0.4) is 0 Å². The number of nitrogens with zero attached hydrogens (tertiary/aromatic N) is 1. The number of hydrogen-bond acceptors (Lipinski definition) is 4. The number of amidine groups is 1. The zero-order valence-corrected chi connectivity index (χ0v) is 6.32. The van der Waals surface area contributed by atoms with Crippen molar-refractivity contribution in [2.24, 2.45) is 22.4 Å². The van der Waals surface area contributed by atoms with E-state index >= 15 is 0 Å². The van der Waals surface area contributed by atoms with Crippen LogP contribution in [0.25, 0.3) is 0 Å². The lowest BCUT2D eigenvalue weighted by atomic mass is 10.1. The van der Waals surface area contributed by atoms with Gasteiger partial charge in [0.25, 0.3) is 0 Å². The van der Waals surface area contributed by atoms with Crippen LogP contribution in [-0.2, 0) is 4.79 Å². The minimum Gasteiger partial charge on any atom is -0.381 e. The highest BCUT2D eigenvalue weighted by atomic mass is 16.1. The van der Waals surface area contributed by atoms with E-state index in [2.05, 4.69) is 4.99 Å². The highest BCUT2D eigenvalue weighted by Gasteiger charge is 2.07. The van der Waals surface area contributed by atoms with E-state index in [-0.39, 0.29) is 11.8 Å². The Hall–Kier alpha value is -1.23. The summed E-state index contributed by atoms with van der Waals surface area (Å²) in [6.07, 6.45) is 0.987. The molecule has 0 bridgehead atoms. The Kier molecular flexibility index (Phi) is 4.05. The van der Waals surface area contributed by atoms with Crippen molar-refractivity contribution < 1.29 is 4.79 Å². The molecule has 0 fully saturated rings. The summed E-state index contributed by atoms with van der Waals surface area (Å²) in [5.41, 5.74) is 10.5. The van der Waals surface area contributed by atoms with Gasteiger partial charge in [-0.15, -0.1) is 0 Å². The van der Waals surface area contributed by atoms with Gasteiger partial charge >= 0.3 is 0 Å². The molecule has 0 aliphatic heterocycles. The van der Waals surface area contributed by atoms with Gasteiger partial charge in [0.1, 0.15) is 6.17 Å². The molecule has 0 saturated carbocycles. The SMILES string of the molecule is CC(C=N)C(N)N=C(N)C=O. The van der Waals surface area contributed by atoms with Gasteiger partial charge in [0.15, 0.2) is 12.1 Å². The molecule has 0 aliphatic carbocycles. The van der Waals surface area contributed by atoms with Crippen LogP contribution in [0, 0.1) is 11.3 Å². The van der Waals surface area contributed by atoms with Gasteiger partial charge in [0, 0.05) is 12.1 Å². The van der Waals surface area contributed by atoms with Crippen molar-refractivity contribution in [2.75, 3.05) is 0 Å². The maximum atomic E-state index is 9.98. The average Bonchev–Trinajstić information content (AvgIpc) is 2.02. The first-order valence-electron chi connectivity index (χ1n) is 3.16. The molecule has 5 nitrogen and oxygen atoms in total. The Morgan fingerprint density at radius 3 is 2.64 bits per heavy atom. The molecule has 0 aliphatic rings. The van der Waals surface area contributed by atoms with Crippen molar-refractivity contribution in [3.63, 3.8) is 0 Å². The topological polar surface area (TPSA) is 105 Å². The first-order valence-corrected chi connectivity index (χ1v) is 3.16. The van der Waals surface area contributed by atoms with Crippen LogP contribution in [0.2, 0.25) is 0 Å². The molecule has 0 amide bonds. The highest BCUT2D eigenvalue weighted by Crippen LogP contribution is 1.96. The van der Waals surface area contributed by atoms with Crippen molar-refractivity contribution in [3.8, 4) is 0 Å². The fourth-order valence-electron chi connectivity index (χ4n) is 0.419. The third-order valence-corrected chi connectivity index (χ3v) is 1.22. The van der Waals surface area contributed by atoms with Gasteiger partial charge < -0.3 is 16.9 Å². The van der Waals surface area contributed by atoms with Crippen molar-refractivity contribution in [1.29, 1.82) is 5.41 Å². The van der Waals surface area contributed by atoms with Gasteiger partial charge in [0.05, 0.1) is 0 Å². The van der Waals surface area contributed by atoms with E-state index in [1.54, 1.807) is 6.92 Å². The van der Waals surface area contributed by atoms with E-state index in [1.807, 2.05) is 0 Å². The maximum Gasteiger partial charge on any atom is 0.184 e. The third kappa shape index (κ3) is 3.47. The van der Waals surface area contributed by atoms with Crippen molar-refractivity contribution in [2.45, 2.75) is 13.1 Å². The molecule has 2 atom stereocenters. The molecule has 5 heteroatoms. The fourth-order valence-corrected chi connectivity index (χ4v) is 0.419. The summed E-state index contributed by atoms with van der Waals surface area (Å²) in [6, 6.07) is 0. The fraction of sp³-hybridized carbons (Fsp3) is 0.500. The molecule has 0 radical (unpaired) electrons. The summed E-state index contributed by atoms with van der Waals surface area (Å²) >= 11 is 0. The first kappa shape index (κ1) is 9.77. The summed E-state index contributed by atoms with van der Waals surface area (Å²) < 4.78 is 0. The molecule has 0 saturated heterocycles. The molecule has 0 heterocycles. The molecule has 5 N–H and O–H groups in total. The predicted octanol–water partition coefficient (Wildman–Crippen LogP) is -0.887. The van der Waals surface area contributed by atoms with E-state index in [0.717, 1.165) is 6.21 Å². The quantitative estimate of drug-likeness (QED) is 0.279. The average molecular weight is 156 g/mol. The number of rotatable bonds is 4. The summed E-state index contributed by atoms with van der Waals surface area (Å²) in [7, 11) is 0. The molecule has 11 heavy (non-hydrogen) atoms. The number of aliphatic imine (C=N–C) groups is 1. The monoisotopic (exact) mass is 156 g/mol. The number of aldehydes is 1. The van der Waals surface area contributed by atoms with E-state index in [9.17, 15) is 4.79 Å². The first-order chi connectivity index (χ1) is 5.11. The predicted molar refractivity (Wildman–Crippen MR) is 43.6 cm³/mol. The Morgan fingerprint density at radius 2 is 2.27 bits per heavy atom. The van der Waals surface area contributed by atoms with E-state index in [0.29, 0.717) is 6.29 Å². The molecular formula is C6H12N4O. The largest absolute Gasteiger partial charge is 0.381 e. The van der Waals surface area contributed by atoms with Crippen LogP contribution in [0.15, 0.2) is 4.99 Å². The number of nitrogens with one attached hydrogen (secondary N) is 1. The van der Waals surface area contributed by atoms with E-state index < -0.39 is 6.17 Å². The van der Waals surface area contributed by atoms with E-state index in [4.69, 9.17) is 16.9 Å². The Morgan fingerprint density at radius 1 is 1.73 bits per heavy atom. The molecule has 0 aromatic heterocycles. The van der Waals surface area contributed by atoms with Gasteiger partial charge in [-0.05, 0) is 0 Å². The summed E-state index contributed by atoms with van der Waals surface area (Å²) in [5, 5.41) is 6.84. The zero-order chi connectivity index (χ0) is 8.85. The molecule has 0 aromatic rings. The minimum atomic E-state index is -0.599. The second-order valence-corrected chi connectivity index (χ2v) is 2.19. The standard InChI is InChI=1S/C6H12N4O/c1-4(2-7)6(9)10-5(8)3-11/h2-4,6-7H,9H2,1H3,(H2,8,10). The molecular weight excluding hydrogens is 144 g/mol. The Bertz CT molecular complexity index is 177. The number of carbonyl (C=O) groups excluding carboxylic acids is 1. The maximum absolute atomic E-state index is 9.98. The van der Waals surface area contributed by atoms with Gasteiger partial charge in [-0.25, -0.2) is 4.99 Å². The lowest BCUT2D eigenvalue weighted by Crippen LogP contribution is -2.30. The molecule has 0 rings (SSSR count). The van der Waals surface area contributed by atoms with Crippen LogP contribution in [-0.4, -0.2) is 24.5 Å². The summed E-state index contributed by atoms with van der Waals surface area (Å²) in [6.45, 7) is 1.72. The van der Waals surface area contributed by atoms with Crippen molar-refractivity contribution >= 4 is 18.3 Å². The van der Waals surface area contributed by atoms with Crippen LogP contribution < -0.4 is 11.5 Å². The van der Waals surface area contributed by atoms with Crippen LogP contribution in [0.1, 0.15) is 6.92 Å². The van der Waals surface area contributed by atoms with Gasteiger partial charge in [0.2, 0.25) is 0 Å². The van der Waals surface area contributed by atoms with Gasteiger partial charge in [-0.1, -0.05) is 6.92 Å². The van der Waals surface area contributed by atoms with Crippen molar-refractivity contribution in [3.05, 3.63) is 0 Å².